The molecule has 3 aromatic carbocycles. The second-order valence-electron chi connectivity index (χ2n) is 11.7. The second-order valence-corrected chi connectivity index (χ2v) is 14.9. The maximum atomic E-state index is 13.7. The molecule has 3 aliphatic heterocycles. The zero-order valence-electron chi connectivity index (χ0n) is 26.4. The molecule has 4 heterocycles. The van der Waals surface area contributed by atoms with Gasteiger partial charge in [0.2, 0.25) is 0 Å². The summed E-state index contributed by atoms with van der Waals surface area (Å²) in [7, 11) is 1.34. The maximum Gasteiger partial charge on any atom is 0.352 e. The van der Waals surface area contributed by atoms with Gasteiger partial charge in [0.15, 0.2) is 10.8 Å². The number of nitrogens with one attached hydrogen (secondary N) is 2. The fourth-order valence-electron chi connectivity index (χ4n) is 6.63. The number of nitrogens with zero attached hydrogens (tertiary/aromatic N) is 3. The topological polar surface area (TPSA) is 133 Å². The van der Waals surface area contributed by atoms with Gasteiger partial charge in [0.1, 0.15) is 35.5 Å². The molecule has 10 nitrogen and oxygen atoms in total. The molecule has 3 atom stereocenters. The normalized spacial score (nSPS) is 20.8. The van der Waals surface area contributed by atoms with E-state index in [0.29, 0.717) is 10.9 Å². The predicted octanol–water partition coefficient (Wildman–Crippen LogP) is 5.53. The number of anilines is 1. The summed E-state index contributed by atoms with van der Waals surface area (Å²) in [5.41, 5.74) is 3.17. The highest BCUT2D eigenvalue weighted by Crippen LogP contribution is 2.45. The molecule has 3 N–H and O–H groups in total. The van der Waals surface area contributed by atoms with Crippen molar-refractivity contribution < 1.29 is 24.3 Å². The fourth-order valence-corrected chi connectivity index (χ4v) is 10.3. The summed E-state index contributed by atoms with van der Waals surface area (Å²) in [5, 5.41) is 22.4. The third-order valence-corrected chi connectivity index (χ3v) is 12.4. The first-order valence-corrected chi connectivity index (χ1v) is 18.8. The van der Waals surface area contributed by atoms with Crippen LogP contribution in [0.1, 0.15) is 35.2 Å². The number of rotatable bonds is 11. The van der Waals surface area contributed by atoms with E-state index in [4.69, 9.17) is 9.82 Å². The van der Waals surface area contributed by atoms with Crippen LogP contribution < -0.4 is 10.6 Å². The van der Waals surface area contributed by atoms with E-state index in [0.717, 1.165) is 40.9 Å². The molecule has 2 saturated heterocycles. The zero-order valence-corrected chi connectivity index (χ0v) is 28.9. The van der Waals surface area contributed by atoms with E-state index in [2.05, 4.69) is 52.2 Å². The lowest BCUT2D eigenvalue weighted by Crippen LogP contribution is -2.71. The fraction of sp³-hybridized carbons (Fsp3) is 0.250. The quantitative estimate of drug-likeness (QED) is 0.0795. The summed E-state index contributed by atoms with van der Waals surface area (Å²) in [6.45, 7) is 0. The molecule has 2 amide bonds. The van der Waals surface area contributed by atoms with Gasteiger partial charge in [-0.05, 0) is 40.9 Å². The smallest absolute Gasteiger partial charge is 0.352 e. The Morgan fingerprint density at radius 3 is 2.10 bits per heavy atom. The lowest BCUT2D eigenvalue weighted by atomic mass is 9.77. The molecule has 0 spiro atoms. The summed E-state index contributed by atoms with van der Waals surface area (Å²) in [6.07, 6.45) is 1.92. The van der Waals surface area contributed by atoms with E-state index in [-0.39, 0.29) is 22.4 Å². The Morgan fingerprint density at radius 1 is 0.959 bits per heavy atom. The van der Waals surface area contributed by atoms with Crippen LogP contribution in [-0.4, -0.2) is 73.8 Å². The van der Waals surface area contributed by atoms with Crippen molar-refractivity contribution in [1.82, 2.24) is 15.2 Å². The van der Waals surface area contributed by atoms with Gasteiger partial charge < -0.3 is 20.6 Å². The van der Waals surface area contributed by atoms with Crippen molar-refractivity contribution in [3.63, 3.8) is 0 Å². The Morgan fingerprint density at radius 2 is 1.57 bits per heavy atom. The minimum atomic E-state index is -1.12. The number of hydrogen-bond donors (Lipinski definition) is 3. The number of thiazole rings is 1. The molecule has 0 bridgehead atoms. The SMILES string of the molecule is CO/N=C(\C(=O)N[C@@H]1C(=O)N2C(C(=O)O)=C(C3CCCS3)CS[C@H]12)c1csc(NC(c2ccccc2)(c2ccccc2)c2ccccc2)n1. The molecule has 49 heavy (non-hydrogen) atoms. The summed E-state index contributed by atoms with van der Waals surface area (Å²) >= 11 is 4.52. The van der Waals surface area contributed by atoms with Crippen molar-refractivity contribution >= 4 is 63.5 Å². The lowest BCUT2D eigenvalue weighted by Gasteiger charge is -2.50. The van der Waals surface area contributed by atoms with Crippen LogP contribution >= 0.6 is 34.9 Å². The monoisotopic (exact) mass is 711 g/mol. The number of thioether (sulfide) groups is 2. The largest absolute Gasteiger partial charge is 0.477 e. The molecule has 4 aromatic rings. The number of fused-ring (bicyclic) bond motifs is 1. The number of carbonyl (C=O) groups excluding carboxylic acids is 2. The van der Waals surface area contributed by atoms with E-state index >= 15 is 0 Å². The Kier molecular flexibility index (Phi) is 9.48. The lowest BCUT2D eigenvalue weighted by molar-refractivity contribution is -0.150. The van der Waals surface area contributed by atoms with Crippen molar-refractivity contribution in [2.75, 3.05) is 23.9 Å². The Hall–Kier alpha value is -4.59. The molecule has 2 fully saturated rings. The first-order chi connectivity index (χ1) is 23.9. The van der Waals surface area contributed by atoms with E-state index < -0.39 is 34.7 Å². The second kappa shape index (κ2) is 14.1. The van der Waals surface area contributed by atoms with Gasteiger partial charge in [0, 0.05) is 16.4 Å². The van der Waals surface area contributed by atoms with Crippen molar-refractivity contribution in [1.29, 1.82) is 0 Å². The molecule has 0 radical (unpaired) electrons. The van der Waals surface area contributed by atoms with Crippen LogP contribution in [0.4, 0.5) is 5.13 Å². The molecule has 1 aromatic heterocycles. The zero-order chi connectivity index (χ0) is 34.0. The number of oxime groups is 1. The van der Waals surface area contributed by atoms with Crippen LogP contribution in [0.2, 0.25) is 0 Å². The Balaban J connectivity index is 1.16. The summed E-state index contributed by atoms with van der Waals surface area (Å²) in [6, 6.07) is 29.4. The van der Waals surface area contributed by atoms with E-state index in [1.54, 1.807) is 17.1 Å². The molecule has 250 valence electrons. The first-order valence-electron chi connectivity index (χ1n) is 15.8. The number of hydrogen-bond acceptors (Lipinski definition) is 10. The molecule has 0 aliphatic carbocycles. The van der Waals surface area contributed by atoms with Crippen LogP contribution in [0.25, 0.3) is 0 Å². The van der Waals surface area contributed by atoms with Gasteiger partial charge in [-0.25, -0.2) is 9.78 Å². The van der Waals surface area contributed by atoms with Gasteiger partial charge in [-0.2, -0.15) is 11.8 Å². The summed E-state index contributed by atoms with van der Waals surface area (Å²) in [4.78, 5) is 50.6. The number of benzene rings is 3. The van der Waals surface area contributed by atoms with Gasteiger partial charge >= 0.3 is 5.97 Å². The average molecular weight is 712 g/mol. The van der Waals surface area contributed by atoms with Crippen molar-refractivity contribution in [2.45, 2.75) is 35.0 Å². The number of aromatic nitrogens is 1. The standard InChI is InChI=1S/C36H33N5O5S3/c1-46-40-28(31(42)38-29-32(43)41-30(34(44)45)25(20-48-33(29)41)27-18-11-19-47-27)26-21-49-35(37-26)39-36(22-12-5-2-6-13-22,23-14-7-3-8-15-23)24-16-9-4-10-17-24/h2-10,12-17,21,27,29,33H,11,18-20H2,1H3,(H,37,39)(H,38,42)(H,44,45)/b40-28-/t27?,29-,33-/m1/s1. The van der Waals surface area contributed by atoms with Crippen molar-refractivity contribution in [3.05, 3.63) is 130 Å². The summed E-state index contributed by atoms with van der Waals surface area (Å²) < 4.78 is 0. The van der Waals surface area contributed by atoms with Crippen LogP contribution in [0.5, 0.6) is 0 Å². The minimum Gasteiger partial charge on any atom is -0.477 e. The number of β-lactam (4-membered cyclic amide) rings is 1. The average Bonchev–Trinajstić information content (AvgIpc) is 3.85. The third-order valence-electron chi connectivity index (χ3n) is 8.86. The molecule has 7 rings (SSSR count). The highest BCUT2D eigenvalue weighted by atomic mass is 32.2. The van der Waals surface area contributed by atoms with Crippen LogP contribution in [0.15, 0.2) is 113 Å². The van der Waals surface area contributed by atoms with Crippen LogP contribution in [-0.2, 0) is 24.8 Å². The van der Waals surface area contributed by atoms with Gasteiger partial charge in [-0.15, -0.1) is 23.1 Å². The highest BCUT2D eigenvalue weighted by molar-refractivity contribution is 8.01. The number of amides is 2. The van der Waals surface area contributed by atoms with E-state index in [9.17, 15) is 19.5 Å². The van der Waals surface area contributed by atoms with Gasteiger partial charge in [-0.3, -0.25) is 14.5 Å². The van der Waals surface area contributed by atoms with Crippen LogP contribution in [0.3, 0.4) is 0 Å². The Bertz CT molecular complexity index is 1820. The van der Waals surface area contributed by atoms with Gasteiger partial charge in [0.25, 0.3) is 11.8 Å². The number of aliphatic carboxylic acids is 1. The highest BCUT2D eigenvalue weighted by Gasteiger charge is 2.55. The minimum absolute atomic E-state index is 0.0541. The molecular formula is C36H33N5O5S3. The maximum absolute atomic E-state index is 13.7. The summed E-state index contributed by atoms with van der Waals surface area (Å²) in [5.74, 6) is -0.752. The molecular weight excluding hydrogens is 679 g/mol. The molecule has 3 aliphatic rings. The predicted molar refractivity (Wildman–Crippen MR) is 194 cm³/mol. The molecule has 0 saturated carbocycles. The van der Waals surface area contributed by atoms with Gasteiger partial charge in [0.05, 0.1) is 0 Å². The number of carboxylic acid groups (broad SMARTS) is 1. The van der Waals surface area contributed by atoms with Crippen molar-refractivity contribution in [2.24, 2.45) is 5.16 Å². The first kappa shape index (κ1) is 32.9. The van der Waals surface area contributed by atoms with E-state index in [1.165, 1.54) is 35.1 Å². The third kappa shape index (κ3) is 6.11. The number of carbonyl (C=O) groups is 3. The number of carboxylic acids is 1. The van der Waals surface area contributed by atoms with Crippen molar-refractivity contribution in [3.8, 4) is 0 Å². The molecule has 1 unspecified atom stereocenters. The van der Waals surface area contributed by atoms with E-state index in [1.807, 2.05) is 54.6 Å². The van der Waals surface area contributed by atoms with Crippen LogP contribution in [0, 0.1) is 0 Å². The van der Waals surface area contributed by atoms with Gasteiger partial charge in [-0.1, -0.05) is 96.2 Å². The molecule has 13 heteroatoms. The Labute approximate surface area is 296 Å².